The van der Waals surface area contributed by atoms with Crippen LogP contribution in [0.3, 0.4) is 0 Å². The lowest BCUT2D eigenvalue weighted by Crippen LogP contribution is -2.37. The van der Waals surface area contributed by atoms with Crippen LogP contribution in [0.2, 0.25) is 0 Å². The van der Waals surface area contributed by atoms with Gasteiger partial charge in [-0.05, 0) is 41.2 Å². The lowest BCUT2D eigenvalue weighted by molar-refractivity contribution is 0.359. The summed E-state index contributed by atoms with van der Waals surface area (Å²) in [5, 5.41) is 8.28. The van der Waals surface area contributed by atoms with Gasteiger partial charge in [-0.15, -0.1) is 0 Å². The third-order valence-corrected chi connectivity index (χ3v) is 4.82. The van der Waals surface area contributed by atoms with E-state index in [1.165, 1.54) is 23.0 Å². The molecule has 1 aromatic rings. The van der Waals surface area contributed by atoms with E-state index in [2.05, 4.69) is 54.0 Å². The molecule has 1 heterocycles. The Morgan fingerprint density at radius 3 is 2.47 bits per heavy atom. The molecule has 0 aliphatic rings. The van der Waals surface area contributed by atoms with Crippen molar-refractivity contribution in [2.75, 3.05) is 6.54 Å². The van der Waals surface area contributed by atoms with Crippen LogP contribution in [0.1, 0.15) is 51.9 Å². The maximum absolute atomic E-state index is 4.59. The fourth-order valence-corrected chi connectivity index (χ4v) is 3.12. The fraction of sp³-hybridized carbons (Fsp3) is 0.800. The van der Waals surface area contributed by atoms with Crippen molar-refractivity contribution >= 4 is 15.9 Å². The number of aryl methyl sites for hydroxylation is 2. The summed E-state index contributed by atoms with van der Waals surface area (Å²) >= 11 is 3.72. The first-order chi connectivity index (χ1) is 9.04. The monoisotopic (exact) mass is 329 g/mol. The van der Waals surface area contributed by atoms with E-state index in [1.54, 1.807) is 0 Å². The summed E-state index contributed by atoms with van der Waals surface area (Å²) in [6.45, 7) is 10.1. The molecule has 1 N–H and O–H groups in total. The van der Waals surface area contributed by atoms with Gasteiger partial charge in [-0.25, -0.2) is 0 Å². The summed E-state index contributed by atoms with van der Waals surface area (Å²) in [5.74, 6) is 0.679. The van der Waals surface area contributed by atoms with Crippen molar-refractivity contribution in [2.24, 2.45) is 13.0 Å². The number of hydrogen-bond donors (Lipinski definition) is 1. The molecule has 0 aliphatic carbocycles. The molecule has 0 amide bonds. The van der Waals surface area contributed by atoms with Crippen LogP contribution in [-0.4, -0.2) is 22.4 Å². The van der Waals surface area contributed by atoms with E-state index < -0.39 is 0 Å². The minimum absolute atomic E-state index is 0.529. The molecular formula is C15H28BrN3. The van der Waals surface area contributed by atoms with Crippen molar-refractivity contribution in [3.05, 3.63) is 15.9 Å². The normalized spacial score (nSPS) is 14.6. The molecule has 2 unspecified atom stereocenters. The van der Waals surface area contributed by atoms with Crippen LogP contribution in [0.5, 0.6) is 0 Å². The number of hydrogen-bond acceptors (Lipinski definition) is 2. The Balaban J connectivity index is 2.86. The number of aromatic nitrogens is 2. The number of rotatable bonds is 8. The van der Waals surface area contributed by atoms with E-state index in [4.69, 9.17) is 0 Å². The average molecular weight is 330 g/mol. The molecule has 19 heavy (non-hydrogen) atoms. The van der Waals surface area contributed by atoms with E-state index in [9.17, 15) is 0 Å². The topological polar surface area (TPSA) is 29.9 Å². The highest BCUT2D eigenvalue weighted by molar-refractivity contribution is 9.10. The third-order valence-electron chi connectivity index (χ3n) is 3.90. The van der Waals surface area contributed by atoms with Crippen molar-refractivity contribution in [1.29, 1.82) is 0 Å². The summed E-state index contributed by atoms with van der Waals surface area (Å²) in [7, 11) is 2.05. The van der Waals surface area contributed by atoms with Crippen LogP contribution in [0.25, 0.3) is 0 Å². The third kappa shape index (κ3) is 4.32. The molecule has 0 bridgehead atoms. The van der Waals surface area contributed by atoms with E-state index in [0.29, 0.717) is 12.0 Å². The Labute approximate surface area is 126 Å². The van der Waals surface area contributed by atoms with Crippen LogP contribution >= 0.6 is 15.9 Å². The van der Waals surface area contributed by atoms with Gasteiger partial charge in [0.15, 0.2) is 0 Å². The molecule has 1 rings (SSSR count). The predicted octanol–water partition coefficient (Wildman–Crippen LogP) is 3.70. The van der Waals surface area contributed by atoms with E-state index in [0.717, 1.165) is 25.1 Å². The first-order valence-corrected chi connectivity index (χ1v) is 8.27. The fourth-order valence-electron chi connectivity index (χ4n) is 2.34. The highest BCUT2D eigenvalue weighted by atomic mass is 79.9. The predicted molar refractivity (Wildman–Crippen MR) is 85.5 cm³/mol. The van der Waals surface area contributed by atoms with Crippen molar-refractivity contribution in [3.63, 3.8) is 0 Å². The number of nitrogens with one attached hydrogen (secondary N) is 1. The van der Waals surface area contributed by atoms with Gasteiger partial charge in [0.2, 0.25) is 0 Å². The van der Waals surface area contributed by atoms with Crippen LogP contribution in [0.4, 0.5) is 0 Å². The number of halogens is 1. The van der Waals surface area contributed by atoms with Crippen molar-refractivity contribution < 1.29 is 0 Å². The van der Waals surface area contributed by atoms with Gasteiger partial charge >= 0.3 is 0 Å². The maximum Gasteiger partial charge on any atom is 0.0766 e. The van der Waals surface area contributed by atoms with E-state index >= 15 is 0 Å². The van der Waals surface area contributed by atoms with Gasteiger partial charge in [0.1, 0.15) is 0 Å². The molecule has 2 atom stereocenters. The molecule has 0 saturated carbocycles. The van der Waals surface area contributed by atoms with Crippen LogP contribution in [0, 0.1) is 5.92 Å². The first-order valence-electron chi connectivity index (χ1n) is 7.48. The van der Waals surface area contributed by atoms with Crippen LogP contribution in [0.15, 0.2) is 4.47 Å². The first kappa shape index (κ1) is 16.7. The second kappa shape index (κ2) is 8.05. The smallest absolute Gasteiger partial charge is 0.0766 e. The molecular weight excluding hydrogens is 302 g/mol. The molecule has 0 aromatic carbocycles. The summed E-state index contributed by atoms with van der Waals surface area (Å²) in [6, 6.07) is 0.529. The van der Waals surface area contributed by atoms with E-state index in [1.807, 2.05) is 11.7 Å². The van der Waals surface area contributed by atoms with Gasteiger partial charge < -0.3 is 5.32 Å². The van der Waals surface area contributed by atoms with Crippen LogP contribution < -0.4 is 5.32 Å². The Bertz CT molecular complexity index is 387. The molecule has 0 radical (unpaired) electrons. The Hall–Kier alpha value is -0.350. The van der Waals surface area contributed by atoms with Gasteiger partial charge in [-0.1, -0.05) is 34.1 Å². The van der Waals surface area contributed by atoms with Gasteiger partial charge in [-0.3, -0.25) is 4.68 Å². The maximum atomic E-state index is 4.59. The standard InChI is InChI=1S/C15H28BrN3/c1-6-9-17-13(11(4)7-2)10-14-15(16)12(8-3)18-19(14)5/h11,13,17H,6-10H2,1-5H3. The summed E-state index contributed by atoms with van der Waals surface area (Å²) < 4.78 is 3.23. The van der Waals surface area contributed by atoms with Crippen molar-refractivity contribution in [3.8, 4) is 0 Å². The highest BCUT2D eigenvalue weighted by Crippen LogP contribution is 2.24. The van der Waals surface area contributed by atoms with Gasteiger partial charge in [-0.2, -0.15) is 5.10 Å². The molecule has 0 spiro atoms. The van der Waals surface area contributed by atoms with Crippen molar-refractivity contribution in [1.82, 2.24) is 15.1 Å². The molecule has 4 heteroatoms. The Kier molecular flexibility index (Phi) is 7.08. The Morgan fingerprint density at radius 1 is 1.32 bits per heavy atom. The SMILES string of the molecule is CCCNC(Cc1c(Br)c(CC)nn1C)C(C)CC. The molecule has 0 fully saturated rings. The molecule has 3 nitrogen and oxygen atoms in total. The molecule has 110 valence electrons. The minimum atomic E-state index is 0.529. The van der Waals surface area contributed by atoms with Gasteiger partial charge in [0.05, 0.1) is 15.9 Å². The van der Waals surface area contributed by atoms with Crippen LogP contribution in [-0.2, 0) is 19.9 Å². The Morgan fingerprint density at radius 2 is 2.00 bits per heavy atom. The quantitative estimate of drug-likeness (QED) is 0.788. The molecule has 0 saturated heterocycles. The zero-order chi connectivity index (χ0) is 14.4. The summed E-state index contributed by atoms with van der Waals surface area (Å²) in [6.07, 6.45) is 4.40. The second-order valence-corrected chi connectivity index (χ2v) is 6.13. The van der Waals surface area contributed by atoms with Crippen molar-refractivity contribution in [2.45, 2.75) is 59.4 Å². The van der Waals surface area contributed by atoms with E-state index in [-0.39, 0.29) is 0 Å². The number of nitrogens with zero attached hydrogens (tertiary/aromatic N) is 2. The summed E-state index contributed by atoms with van der Waals surface area (Å²) in [4.78, 5) is 0. The lowest BCUT2D eigenvalue weighted by atomic mass is 9.94. The highest BCUT2D eigenvalue weighted by Gasteiger charge is 2.20. The summed E-state index contributed by atoms with van der Waals surface area (Å²) in [5.41, 5.74) is 2.47. The zero-order valence-electron chi connectivity index (χ0n) is 13.0. The zero-order valence-corrected chi connectivity index (χ0v) is 14.5. The van der Waals surface area contributed by atoms with Gasteiger partial charge in [0, 0.05) is 19.5 Å². The average Bonchev–Trinajstić information content (AvgIpc) is 2.69. The second-order valence-electron chi connectivity index (χ2n) is 5.33. The molecule has 1 aromatic heterocycles. The lowest BCUT2D eigenvalue weighted by Gasteiger charge is -2.24. The minimum Gasteiger partial charge on any atom is -0.313 e. The largest absolute Gasteiger partial charge is 0.313 e. The molecule has 0 aliphatic heterocycles. The van der Waals surface area contributed by atoms with Gasteiger partial charge in [0.25, 0.3) is 0 Å².